The smallest absolute Gasteiger partial charge is 0.123 e. The number of rotatable bonds is 3. The van der Waals surface area contributed by atoms with Gasteiger partial charge in [-0.05, 0) is 54.5 Å². The van der Waals surface area contributed by atoms with E-state index in [0.29, 0.717) is 0 Å². The highest BCUT2D eigenvalue weighted by Gasteiger charge is 2.12. The monoisotopic (exact) mass is 206 g/mol. The van der Waals surface area contributed by atoms with Crippen molar-refractivity contribution in [3.05, 3.63) is 41.2 Å². The second-order valence-electron chi connectivity index (χ2n) is 3.90. The van der Waals surface area contributed by atoms with Crippen molar-refractivity contribution in [3.8, 4) is 0 Å². The second kappa shape index (κ2) is 4.58. The maximum atomic E-state index is 13.1. The molecule has 0 radical (unpaired) electrons. The number of benzene rings is 1. The Morgan fingerprint density at radius 3 is 3.00 bits per heavy atom. The van der Waals surface area contributed by atoms with E-state index in [-0.39, 0.29) is 12.4 Å². The highest BCUT2D eigenvalue weighted by Crippen LogP contribution is 2.29. The van der Waals surface area contributed by atoms with Crippen LogP contribution in [0.25, 0.3) is 5.57 Å². The summed E-state index contributed by atoms with van der Waals surface area (Å²) in [6.45, 7) is 0.196. The fraction of sp³-hybridized carbons (Fsp3) is 0.385. The SMILES string of the molecule is OCCCC1=CCCc2ccc(F)cc21. The number of allylic oxidation sites excluding steroid dienone is 2. The van der Waals surface area contributed by atoms with E-state index in [1.54, 1.807) is 6.07 Å². The summed E-state index contributed by atoms with van der Waals surface area (Å²) < 4.78 is 13.1. The Balaban J connectivity index is 2.28. The van der Waals surface area contributed by atoms with E-state index in [4.69, 9.17) is 5.11 Å². The lowest BCUT2D eigenvalue weighted by Crippen LogP contribution is -2.01. The minimum absolute atomic E-state index is 0.175. The zero-order valence-electron chi connectivity index (χ0n) is 8.67. The van der Waals surface area contributed by atoms with Crippen molar-refractivity contribution < 1.29 is 9.50 Å². The van der Waals surface area contributed by atoms with Gasteiger partial charge in [0.15, 0.2) is 0 Å². The predicted molar refractivity (Wildman–Crippen MR) is 59.0 cm³/mol. The van der Waals surface area contributed by atoms with Crippen LogP contribution < -0.4 is 0 Å². The predicted octanol–water partition coefficient (Wildman–Crippen LogP) is 2.93. The molecule has 0 atom stereocenters. The summed E-state index contributed by atoms with van der Waals surface area (Å²) in [5.74, 6) is -0.175. The molecule has 2 heteroatoms. The van der Waals surface area contributed by atoms with E-state index in [1.807, 2.05) is 6.07 Å². The number of fused-ring (bicyclic) bond motifs is 1. The second-order valence-corrected chi connectivity index (χ2v) is 3.90. The van der Waals surface area contributed by atoms with E-state index in [9.17, 15) is 4.39 Å². The van der Waals surface area contributed by atoms with E-state index in [1.165, 1.54) is 17.2 Å². The molecule has 0 bridgehead atoms. The van der Waals surface area contributed by atoms with Crippen LogP contribution in [0.4, 0.5) is 4.39 Å². The molecule has 1 aromatic rings. The molecule has 1 N–H and O–H groups in total. The Kier molecular flexibility index (Phi) is 3.17. The quantitative estimate of drug-likeness (QED) is 0.806. The van der Waals surface area contributed by atoms with Crippen LogP contribution in [-0.4, -0.2) is 11.7 Å². The zero-order valence-corrected chi connectivity index (χ0v) is 8.67. The maximum absolute atomic E-state index is 13.1. The van der Waals surface area contributed by atoms with Gasteiger partial charge < -0.3 is 5.11 Å². The van der Waals surface area contributed by atoms with Crippen LogP contribution in [0.3, 0.4) is 0 Å². The highest BCUT2D eigenvalue weighted by atomic mass is 19.1. The summed E-state index contributed by atoms with van der Waals surface area (Å²) in [7, 11) is 0. The number of aryl methyl sites for hydroxylation is 1. The summed E-state index contributed by atoms with van der Waals surface area (Å²) in [6, 6.07) is 5.00. The van der Waals surface area contributed by atoms with Gasteiger partial charge in [0, 0.05) is 6.61 Å². The highest BCUT2D eigenvalue weighted by molar-refractivity contribution is 5.70. The van der Waals surface area contributed by atoms with Crippen molar-refractivity contribution in [1.29, 1.82) is 0 Å². The zero-order chi connectivity index (χ0) is 10.7. The van der Waals surface area contributed by atoms with Crippen LogP contribution in [0.15, 0.2) is 24.3 Å². The molecule has 0 heterocycles. The van der Waals surface area contributed by atoms with E-state index in [2.05, 4.69) is 6.08 Å². The van der Waals surface area contributed by atoms with Crippen molar-refractivity contribution >= 4 is 5.57 Å². The number of aliphatic hydroxyl groups excluding tert-OH is 1. The molecule has 0 aromatic heterocycles. The Labute approximate surface area is 89.3 Å². The average Bonchev–Trinajstić information content (AvgIpc) is 2.26. The first-order valence-corrected chi connectivity index (χ1v) is 5.40. The van der Waals surface area contributed by atoms with Crippen LogP contribution in [0.5, 0.6) is 0 Å². The van der Waals surface area contributed by atoms with Crippen molar-refractivity contribution in [3.63, 3.8) is 0 Å². The molecule has 0 saturated carbocycles. The molecule has 0 spiro atoms. The first-order valence-electron chi connectivity index (χ1n) is 5.40. The van der Waals surface area contributed by atoms with Gasteiger partial charge in [-0.15, -0.1) is 0 Å². The molecule has 1 aliphatic carbocycles. The first-order chi connectivity index (χ1) is 7.31. The van der Waals surface area contributed by atoms with Crippen molar-refractivity contribution in [2.75, 3.05) is 6.61 Å². The summed E-state index contributed by atoms with van der Waals surface area (Å²) in [5.41, 5.74) is 3.45. The summed E-state index contributed by atoms with van der Waals surface area (Å²) in [6.07, 6.45) is 5.78. The van der Waals surface area contributed by atoms with Gasteiger partial charge in [-0.1, -0.05) is 12.1 Å². The molecule has 80 valence electrons. The molecule has 0 unspecified atom stereocenters. The van der Waals surface area contributed by atoms with Crippen LogP contribution in [-0.2, 0) is 6.42 Å². The maximum Gasteiger partial charge on any atom is 0.123 e. The molecule has 0 fully saturated rings. The third kappa shape index (κ3) is 2.26. The standard InChI is InChI=1S/C13H15FO/c14-12-7-6-11-4-1-3-10(5-2-8-15)13(11)9-12/h3,6-7,9,15H,1-2,4-5,8H2. The first kappa shape index (κ1) is 10.4. The Hall–Kier alpha value is -1.15. The lowest BCUT2D eigenvalue weighted by molar-refractivity contribution is 0.290. The molecule has 1 aliphatic rings. The minimum Gasteiger partial charge on any atom is -0.396 e. The summed E-state index contributed by atoms with van der Waals surface area (Å²) in [4.78, 5) is 0. The van der Waals surface area contributed by atoms with Crippen LogP contribution >= 0.6 is 0 Å². The summed E-state index contributed by atoms with van der Waals surface area (Å²) in [5, 5.41) is 8.80. The van der Waals surface area contributed by atoms with Crippen molar-refractivity contribution in [1.82, 2.24) is 0 Å². The van der Waals surface area contributed by atoms with Gasteiger partial charge in [0.05, 0.1) is 0 Å². The van der Waals surface area contributed by atoms with E-state index in [0.717, 1.165) is 31.2 Å². The normalized spacial score (nSPS) is 14.7. The fourth-order valence-electron chi connectivity index (χ4n) is 2.08. The largest absolute Gasteiger partial charge is 0.396 e. The topological polar surface area (TPSA) is 20.2 Å². The Bertz CT molecular complexity index is 382. The van der Waals surface area contributed by atoms with Gasteiger partial charge in [0.2, 0.25) is 0 Å². The average molecular weight is 206 g/mol. The third-order valence-electron chi connectivity index (χ3n) is 2.83. The lowest BCUT2D eigenvalue weighted by atomic mass is 9.88. The minimum atomic E-state index is -0.175. The number of aliphatic hydroxyl groups is 1. The van der Waals surface area contributed by atoms with Crippen molar-refractivity contribution in [2.24, 2.45) is 0 Å². The van der Waals surface area contributed by atoms with Gasteiger partial charge in [-0.2, -0.15) is 0 Å². The molecule has 0 aliphatic heterocycles. The van der Waals surface area contributed by atoms with Gasteiger partial charge >= 0.3 is 0 Å². The molecular weight excluding hydrogens is 191 g/mol. The Morgan fingerprint density at radius 2 is 2.20 bits per heavy atom. The third-order valence-corrected chi connectivity index (χ3v) is 2.83. The molecule has 2 rings (SSSR count). The number of halogens is 1. The van der Waals surface area contributed by atoms with Gasteiger partial charge in [-0.3, -0.25) is 0 Å². The molecule has 0 amide bonds. The molecule has 0 saturated heterocycles. The van der Waals surface area contributed by atoms with Crippen LogP contribution in [0.2, 0.25) is 0 Å². The molecule has 1 nitrogen and oxygen atoms in total. The Morgan fingerprint density at radius 1 is 1.33 bits per heavy atom. The van der Waals surface area contributed by atoms with Crippen LogP contribution in [0, 0.1) is 5.82 Å². The van der Waals surface area contributed by atoms with Crippen molar-refractivity contribution in [2.45, 2.75) is 25.7 Å². The van der Waals surface area contributed by atoms with Gasteiger partial charge in [0.1, 0.15) is 5.82 Å². The number of hydrogen-bond acceptors (Lipinski definition) is 1. The van der Waals surface area contributed by atoms with Gasteiger partial charge in [-0.25, -0.2) is 4.39 Å². The van der Waals surface area contributed by atoms with E-state index >= 15 is 0 Å². The number of hydrogen-bond donors (Lipinski definition) is 1. The molecular formula is C13H15FO. The van der Waals surface area contributed by atoms with Crippen LogP contribution in [0.1, 0.15) is 30.4 Å². The lowest BCUT2D eigenvalue weighted by Gasteiger charge is -2.17. The molecule has 15 heavy (non-hydrogen) atoms. The summed E-state index contributed by atoms with van der Waals surface area (Å²) >= 11 is 0. The van der Waals surface area contributed by atoms with E-state index < -0.39 is 0 Å². The fourth-order valence-corrected chi connectivity index (χ4v) is 2.08. The molecule has 1 aromatic carbocycles. The van der Waals surface area contributed by atoms with Gasteiger partial charge in [0.25, 0.3) is 0 Å².